The van der Waals surface area contributed by atoms with Crippen molar-refractivity contribution in [1.82, 2.24) is 14.8 Å². The molecule has 0 radical (unpaired) electrons. The Morgan fingerprint density at radius 2 is 1.97 bits per heavy atom. The molecule has 0 aliphatic carbocycles. The lowest BCUT2D eigenvalue weighted by Gasteiger charge is -2.17. The zero-order valence-corrected chi connectivity index (χ0v) is 20.4. The van der Waals surface area contributed by atoms with E-state index in [-0.39, 0.29) is 29.0 Å². The van der Waals surface area contributed by atoms with Crippen molar-refractivity contribution in [2.24, 2.45) is 12.8 Å². The summed E-state index contributed by atoms with van der Waals surface area (Å²) >= 11 is 0.964. The van der Waals surface area contributed by atoms with Gasteiger partial charge in [0.2, 0.25) is 0 Å². The fourth-order valence-corrected chi connectivity index (χ4v) is 5.43. The van der Waals surface area contributed by atoms with E-state index in [1.807, 2.05) is 0 Å². The Kier molecular flexibility index (Phi) is 7.11. The van der Waals surface area contributed by atoms with Gasteiger partial charge in [-0.3, -0.25) is 9.48 Å². The van der Waals surface area contributed by atoms with E-state index in [0.29, 0.717) is 42.8 Å². The molecule has 4 atom stereocenters. The van der Waals surface area contributed by atoms with Crippen molar-refractivity contribution in [3.63, 3.8) is 0 Å². The molecule has 0 bridgehead atoms. The van der Waals surface area contributed by atoms with E-state index in [9.17, 15) is 18.0 Å². The lowest BCUT2D eigenvalue weighted by atomic mass is 10.0. The van der Waals surface area contributed by atoms with E-state index in [1.54, 1.807) is 11.7 Å². The number of aryl methyl sites for hydroxylation is 1. The average molecular weight is 522 g/mol. The Balaban J connectivity index is 1.34. The van der Waals surface area contributed by atoms with Gasteiger partial charge in [-0.15, -0.1) is 11.3 Å². The Hall–Kier alpha value is -2.80. The zero-order chi connectivity index (χ0) is 25.4. The highest BCUT2D eigenvalue weighted by molar-refractivity contribution is 7.13. The number of thiazole rings is 1. The summed E-state index contributed by atoms with van der Waals surface area (Å²) in [7, 11) is 1.69. The van der Waals surface area contributed by atoms with E-state index in [2.05, 4.69) is 15.4 Å². The van der Waals surface area contributed by atoms with Crippen molar-refractivity contribution in [2.45, 2.75) is 50.1 Å². The first-order valence-corrected chi connectivity index (χ1v) is 12.6. The number of alkyl halides is 1. The van der Waals surface area contributed by atoms with E-state index in [4.69, 9.17) is 15.2 Å². The van der Waals surface area contributed by atoms with Crippen LogP contribution in [0, 0.1) is 11.6 Å². The molecule has 4 heterocycles. The Bertz CT molecular complexity index is 1220. The maximum Gasteiger partial charge on any atom is 0.275 e. The van der Waals surface area contributed by atoms with Gasteiger partial charge in [0.15, 0.2) is 0 Å². The third kappa shape index (κ3) is 4.90. The van der Waals surface area contributed by atoms with Crippen LogP contribution >= 0.6 is 11.3 Å². The first-order chi connectivity index (χ1) is 17.3. The molecule has 192 valence electrons. The quantitative estimate of drug-likeness (QED) is 0.515. The molecular formula is C24H26F3N5O3S. The molecule has 36 heavy (non-hydrogen) atoms. The molecule has 2 aliphatic rings. The van der Waals surface area contributed by atoms with Crippen LogP contribution in [0.1, 0.15) is 59.6 Å². The van der Waals surface area contributed by atoms with E-state index >= 15 is 0 Å². The number of nitrogens with one attached hydrogen (secondary N) is 1. The number of halogens is 3. The van der Waals surface area contributed by atoms with Crippen molar-refractivity contribution in [3.05, 3.63) is 52.3 Å². The van der Waals surface area contributed by atoms with Crippen molar-refractivity contribution >= 4 is 22.9 Å². The molecule has 0 saturated carbocycles. The molecule has 1 amide bonds. The Labute approximate surface area is 209 Å². The van der Waals surface area contributed by atoms with Gasteiger partial charge in [0.25, 0.3) is 5.91 Å². The predicted molar refractivity (Wildman–Crippen MR) is 127 cm³/mol. The standard InChI is InChI=1S/C24H26F3N5O3S/c1-32-22(20-5-4-16(28)15(27)10-35-20)17(9-29-32)30-23(33)18-11-36-24(31-18)21-13(25)7-12(8-14(21)26)19-3-2-6-34-19/h7-9,11,15-16,19-20H,2-6,10,28H2,1H3,(H,30,33)/t15-,16-,19+,20+/m1/s1. The Morgan fingerprint density at radius 3 is 2.69 bits per heavy atom. The fraction of sp³-hybridized carbons (Fsp3) is 0.458. The zero-order valence-electron chi connectivity index (χ0n) is 19.5. The minimum atomic E-state index is -1.27. The average Bonchev–Trinajstić information content (AvgIpc) is 3.59. The third-order valence-electron chi connectivity index (χ3n) is 6.54. The van der Waals surface area contributed by atoms with E-state index < -0.39 is 35.9 Å². The number of rotatable bonds is 5. The summed E-state index contributed by atoms with van der Waals surface area (Å²) in [5.41, 5.74) is 6.94. The second-order valence-corrected chi connectivity index (χ2v) is 9.86. The van der Waals surface area contributed by atoms with Gasteiger partial charge in [-0.2, -0.15) is 5.10 Å². The number of carbonyl (C=O) groups is 1. The number of hydrogen-bond donors (Lipinski definition) is 2. The molecule has 0 unspecified atom stereocenters. The molecule has 8 nitrogen and oxygen atoms in total. The van der Waals surface area contributed by atoms with Crippen LogP contribution in [0.15, 0.2) is 23.7 Å². The maximum absolute atomic E-state index is 14.9. The summed E-state index contributed by atoms with van der Waals surface area (Å²) in [5, 5.41) is 8.42. The van der Waals surface area contributed by atoms with Crippen LogP contribution in [0.25, 0.3) is 10.6 Å². The number of nitrogens with two attached hydrogens (primary N) is 1. The van der Waals surface area contributed by atoms with Gasteiger partial charge in [-0.1, -0.05) is 0 Å². The van der Waals surface area contributed by atoms with Crippen molar-refractivity contribution in [3.8, 4) is 10.6 Å². The Morgan fingerprint density at radius 1 is 1.19 bits per heavy atom. The first-order valence-electron chi connectivity index (χ1n) is 11.7. The summed E-state index contributed by atoms with van der Waals surface area (Å²) in [6.45, 7) is 0.415. The second-order valence-electron chi connectivity index (χ2n) is 9.00. The number of amides is 1. The van der Waals surface area contributed by atoms with Crippen molar-refractivity contribution in [2.75, 3.05) is 18.5 Å². The molecule has 2 saturated heterocycles. The van der Waals surface area contributed by atoms with E-state index in [0.717, 1.165) is 17.8 Å². The van der Waals surface area contributed by atoms with Crippen LogP contribution in [0.3, 0.4) is 0 Å². The highest BCUT2D eigenvalue weighted by Gasteiger charge is 2.30. The molecular weight excluding hydrogens is 495 g/mol. The van der Waals surface area contributed by atoms with Gasteiger partial charge in [-0.25, -0.2) is 18.2 Å². The third-order valence-corrected chi connectivity index (χ3v) is 7.40. The summed E-state index contributed by atoms with van der Waals surface area (Å²) in [5.74, 6) is -2.09. The normalized spacial score (nSPS) is 24.6. The number of benzene rings is 1. The molecule has 2 aliphatic heterocycles. The lowest BCUT2D eigenvalue weighted by molar-refractivity contribution is 0.0247. The van der Waals surface area contributed by atoms with Crippen molar-refractivity contribution in [1.29, 1.82) is 0 Å². The minimum absolute atomic E-state index is 0.000523. The fourth-order valence-electron chi connectivity index (χ4n) is 4.58. The molecule has 1 aromatic carbocycles. The van der Waals surface area contributed by atoms with Crippen LogP contribution in [0.5, 0.6) is 0 Å². The smallest absolute Gasteiger partial charge is 0.275 e. The second kappa shape index (κ2) is 10.3. The molecule has 5 rings (SSSR count). The van der Waals surface area contributed by atoms with Gasteiger partial charge in [-0.05, 0) is 43.4 Å². The first kappa shape index (κ1) is 24.9. The van der Waals surface area contributed by atoms with Crippen LogP contribution in [0.2, 0.25) is 0 Å². The molecule has 12 heteroatoms. The summed E-state index contributed by atoms with van der Waals surface area (Å²) in [4.78, 5) is 17.1. The van der Waals surface area contributed by atoms with Crippen LogP contribution in [-0.4, -0.2) is 46.1 Å². The monoisotopic (exact) mass is 521 g/mol. The number of aromatic nitrogens is 3. The highest BCUT2D eigenvalue weighted by atomic mass is 32.1. The van der Waals surface area contributed by atoms with Crippen LogP contribution in [0.4, 0.5) is 18.9 Å². The van der Waals surface area contributed by atoms with Crippen LogP contribution in [-0.2, 0) is 16.5 Å². The van der Waals surface area contributed by atoms with Crippen molar-refractivity contribution < 1.29 is 27.4 Å². The molecule has 3 N–H and O–H groups in total. The number of hydrogen-bond acceptors (Lipinski definition) is 7. The van der Waals surface area contributed by atoms with Gasteiger partial charge in [0.05, 0.1) is 35.9 Å². The summed E-state index contributed by atoms with van der Waals surface area (Å²) in [6.07, 6.45) is 1.81. The lowest BCUT2D eigenvalue weighted by Crippen LogP contribution is -2.32. The maximum atomic E-state index is 14.9. The highest BCUT2D eigenvalue weighted by Crippen LogP contribution is 2.36. The minimum Gasteiger partial charge on any atom is -0.374 e. The predicted octanol–water partition coefficient (Wildman–Crippen LogP) is 4.44. The number of nitrogens with zero attached hydrogens (tertiary/aromatic N) is 3. The summed E-state index contributed by atoms with van der Waals surface area (Å²) < 4.78 is 56.5. The topological polar surface area (TPSA) is 104 Å². The largest absolute Gasteiger partial charge is 0.374 e. The molecule has 2 fully saturated rings. The molecule has 3 aromatic rings. The SMILES string of the molecule is Cn1ncc(NC(=O)c2csc(-c3c(F)cc([C@@H]4CCCO4)cc3F)n2)c1[C@@H]1CC[C@@H](N)[C@H](F)CO1. The van der Waals surface area contributed by atoms with Gasteiger partial charge >= 0.3 is 0 Å². The van der Waals surface area contributed by atoms with Crippen LogP contribution < -0.4 is 11.1 Å². The number of ether oxygens (including phenoxy) is 2. The van der Waals surface area contributed by atoms with Gasteiger partial charge in [0.1, 0.15) is 34.6 Å². The number of anilines is 1. The molecule has 0 spiro atoms. The summed E-state index contributed by atoms with van der Waals surface area (Å²) in [6, 6.07) is 1.91. The van der Waals surface area contributed by atoms with Gasteiger partial charge in [0, 0.05) is 25.1 Å². The number of carbonyl (C=O) groups excluding carboxylic acids is 1. The van der Waals surface area contributed by atoms with Gasteiger partial charge < -0.3 is 20.5 Å². The van der Waals surface area contributed by atoms with E-state index in [1.165, 1.54) is 23.7 Å². The molecule has 2 aromatic heterocycles.